The zero-order chi connectivity index (χ0) is 17.2. The summed E-state index contributed by atoms with van der Waals surface area (Å²) in [5.74, 6) is 0.942. The molecule has 3 nitrogen and oxygen atoms in total. The molecule has 0 fully saturated rings. The molecule has 3 N–H and O–H groups in total. The van der Waals surface area contributed by atoms with Gasteiger partial charge in [0.1, 0.15) is 6.04 Å². The van der Waals surface area contributed by atoms with Crippen molar-refractivity contribution in [2.75, 3.05) is 5.32 Å². The van der Waals surface area contributed by atoms with E-state index in [9.17, 15) is 0 Å². The average Bonchev–Trinajstić information content (AvgIpc) is 2.97. The molecule has 4 aromatic rings. The van der Waals surface area contributed by atoms with Gasteiger partial charge in [-0.3, -0.25) is 5.32 Å². The number of para-hydroxylation sites is 1. The monoisotopic (exact) mass is 348 g/mol. The minimum atomic E-state index is -0.0662. The molecule has 0 aliphatic heterocycles. The van der Waals surface area contributed by atoms with Crippen LogP contribution in [0.1, 0.15) is 22.9 Å². The van der Waals surface area contributed by atoms with Crippen LogP contribution >= 0.6 is 11.6 Å². The Morgan fingerprint density at radius 3 is 2.52 bits per heavy atom. The number of H-pyrrole nitrogens is 2. The summed E-state index contributed by atoms with van der Waals surface area (Å²) in [6.45, 7) is 2.11. The molecule has 0 aliphatic rings. The minimum Gasteiger partial charge on any atom is -0.358 e. The number of pyridine rings is 1. The van der Waals surface area contributed by atoms with Crippen molar-refractivity contribution in [1.82, 2.24) is 4.98 Å². The third-order valence-electron chi connectivity index (χ3n) is 4.46. The Balaban J connectivity index is 1.91. The Kier molecular flexibility index (Phi) is 4.16. The summed E-state index contributed by atoms with van der Waals surface area (Å²) in [4.78, 5) is 6.74. The van der Waals surface area contributed by atoms with Crippen LogP contribution in [0.5, 0.6) is 0 Å². The van der Waals surface area contributed by atoms with E-state index in [1.54, 1.807) is 0 Å². The molecular formula is C21H19ClN3+. The first-order valence-electron chi connectivity index (χ1n) is 8.29. The average molecular weight is 349 g/mol. The maximum absolute atomic E-state index is 6.55. The third-order valence-corrected chi connectivity index (χ3v) is 4.80. The molecule has 0 spiro atoms. The number of benzene rings is 2. The largest absolute Gasteiger partial charge is 0.358 e. The maximum atomic E-state index is 6.55. The molecule has 124 valence electrons. The summed E-state index contributed by atoms with van der Waals surface area (Å²) in [6, 6.07) is 22.3. The van der Waals surface area contributed by atoms with Crippen LogP contribution in [0.3, 0.4) is 0 Å². The zero-order valence-electron chi connectivity index (χ0n) is 13.9. The lowest BCUT2D eigenvalue weighted by Crippen LogP contribution is -2.19. The summed E-state index contributed by atoms with van der Waals surface area (Å²) in [5, 5.41) is 5.56. The van der Waals surface area contributed by atoms with Gasteiger partial charge in [-0.05, 0) is 25.1 Å². The van der Waals surface area contributed by atoms with Gasteiger partial charge in [0.05, 0.1) is 6.20 Å². The van der Waals surface area contributed by atoms with Crippen molar-refractivity contribution in [1.29, 1.82) is 0 Å². The molecule has 0 unspecified atom stereocenters. The van der Waals surface area contributed by atoms with Gasteiger partial charge in [-0.1, -0.05) is 54.1 Å². The predicted octanol–water partition coefficient (Wildman–Crippen LogP) is 5.15. The highest BCUT2D eigenvalue weighted by atomic mass is 35.5. The minimum absolute atomic E-state index is 0.0662. The van der Waals surface area contributed by atoms with Crippen molar-refractivity contribution in [3.63, 3.8) is 0 Å². The first-order valence-corrected chi connectivity index (χ1v) is 8.67. The number of nitrogens with one attached hydrogen (secondary N) is 3. The van der Waals surface area contributed by atoms with Crippen LogP contribution in [-0.2, 0) is 0 Å². The van der Waals surface area contributed by atoms with E-state index in [-0.39, 0.29) is 6.04 Å². The predicted molar refractivity (Wildman–Crippen MR) is 103 cm³/mol. The lowest BCUT2D eigenvalue weighted by molar-refractivity contribution is -0.361. The first kappa shape index (κ1) is 15.7. The smallest absolute Gasteiger partial charge is 0.272 e. The normalized spacial score (nSPS) is 12.2. The molecule has 4 rings (SSSR count). The lowest BCUT2D eigenvalue weighted by Gasteiger charge is -2.17. The number of aromatic nitrogens is 2. The van der Waals surface area contributed by atoms with E-state index in [0.717, 1.165) is 27.6 Å². The fourth-order valence-electron chi connectivity index (χ4n) is 3.32. The van der Waals surface area contributed by atoms with E-state index >= 15 is 0 Å². The molecule has 1 atom stereocenters. The number of halogens is 1. The molecule has 0 saturated heterocycles. The van der Waals surface area contributed by atoms with Crippen LogP contribution in [0.4, 0.5) is 5.82 Å². The summed E-state index contributed by atoms with van der Waals surface area (Å²) >= 11 is 6.55. The third kappa shape index (κ3) is 2.99. The number of fused-ring (bicyclic) bond motifs is 1. The molecule has 2 aromatic heterocycles. The topological polar surface area (TPSA) is 42.0 Å². The standard InChI is InChI=1S/C21H18ClN3/c1-14-20(16-9-3-5-11-18(16)24-14)21(15-8-2-4-10-17(15)22)25-19-12-6-7-13-23-19/h2-13,21,24H,1H3,(H,23,25)/p+1/t21-/m0/s1. The van der Waals surface area contributed by atoms with Gasteiger partial charge in [-0.2, -0.15) is 0 Å². The quantitative estimate of drug-likeness (QED) is 0.526. The van der Waals surface area contributed by atoms with Crippen molar-refractivity contribution in [3.05, 3.63) is 94.8 Å². The molecule has 2 heterocycles. The Bertz CT molecular complexity index is 1010. The fourth-order valence-corrected chi connectivity index (χ4v) is 3.57. The first-order chi connectivity index (χ1) is 12.2. The number of hydrogen-bond acceptors (Lipinski definition) is 1. The molecule has 0 aliphatic carbocycles. The number of hydrogen-bond donors (Lipinski definition) is 2. The second-order valence-electron chi connectivity index (χ2n) is 6.08. The summed E-state index contributed by atoms with van der Waals surface area (Å²) in [6.07, 6.45) is 1.91. The summed E-state index contributed by atoms with van der Waals surface area (Å²) in [7, 11) is 0. The summed E-state index contributed by atoms with van der Waals surface area (Å²) in [5.41, 5.74) is 4.52. The van der Waals surface area contributed by atoms with Crippen LogP contribution in [0, 0.1) is 6.92 Å². The van der Waals surface area contributed by atoms with Crippen LogP contribution in [0.25, 0.3) is 10.9 Å². The van der Waals surface area contributed by atoms with E-state index in [1.165, 1.54) is 10.9 Å². The second-order valence-corrected chi connectivity index (χ2v) is 6.49. The van der Waals surface area contributed by atoms with Gasteiger partial charge < -0.3 is 4.98 Å². The van der Waals surface area contributed by atoms with Crippen molar-refractivity contribution in [2.45, 2.75) is 13.0 Å². The number of anilines is 1. The van der Waals surface area contributed by atoms with Gasteiger partial charge in [-0.15, -0.1) is 0 Å². The number of rotatable bonds is 4. The van der Waals surface area contributed by atoms with Crippen LogP contribution in [0.15, 0.2) is 72.9 Å². The molecular weight excluding hydrogens is 330 g/mol. The van der Waals surface area contributed by atoms with Crippen molar-refractivity contribution in [2.24, 2.45) is 0 Å². The second kappa shape index (κ2) is 6.61. The van der Waals surface area contributed by atoms with Gasteiger partial charge in [0, 0.05) is 38.8 Å². The number of aryl methyl sites for hydroxylation is 1. The highest BCUT2D eigenvalue weighted by Gasteiger charge is 2.26. The van der Waals surface area contributed by atoms with Gasteiger partial charge in [0.15, 0.2) is 0 Å². The molecule has 0 radical (unpaired) electrons. The molecule has 25 heavy (non-hydrogen) atoms. The Hall–Kier alpha value is -2.78. The maximum Gasteiger partial charge on any atom is 0.272 e. The molecule has 2 aromatic carbocycles. The highest BCUT2D eigenvalue weighted by molar-refractivity contribution is 6.31. The molecule has 0 amide bonds. The summed E-state index contributed by atoms with van der Waals surface area (Å²) < 4.78 is 0. The van der Waals surface area contributed by atoms with Crippen LogP contribution in [0.2, 0.25) is 5.02 Å². The zero-order valence-corrected chi connectivity index (χ0v) is 14.6. The van der Waals surface area contributed by atoms with Crippen LogP contribution < -0.4 is 10.3 Å². The molecule has 4 heteroatoms. The van der Waals surface area contributed by atoms with Gasteiger partial charge in [0.25, 0.3) is 5.82 Å². The van der Waals surface area contributed by atoms with Crippen LogP contribution in [-0.4, -0.2) is 4.98 Å². The van der Waals surface area contributed by atoms with Crippen molar-refractivity contribution < 1.29 is 4.98 Å². The fraction of sp³-hybridized carbons (Fsp3) is 0.0952. The van der Waals surface area contributed by atoms with E-state index in [0.29, 0.717) is 0 Å². The van der Waals surface area contributed by atoms with Gasteiger partial charge >= 0.3 is 0 Å². The van der Waals surface area contributed by atoms with E-state index in [4.69, 9.17) is 11.6 Å². The SMILES string of the molecule is Cc1[nH]c2ccccc2c1[C@@H](Nc1cccc[nH+]1)c1ccccc1Cl. The van der Waals surface area contributed by atoms with Crippen molar-refractivity contribution in [3.8, 4) is 0 Å². The molecule has 0 saturated carbocycles. The molecule has 0 bridgehead atoms. The Labute approximate surface area is 151 Å². The van der Waals surface area contributed by atoms with E-state index < -0.39 is 0 Å². The Morgan fingerprint density at radius 1 is 0.960 bits per heavy atom. The highest BCUT2D eigenvalue weighted by Crippen LogP contribution is 2.36. The lowest BCUT2D eigenvalue weighted by atomic mass is 9.96. The van der Waals surface area contributed by atoms with Gasteiger partial charge in [0.2, 0.25) is 0 Å². The van der Waals surface area contributed by atoms with E-state index in [1.807, 2.05) is 48.7 Å². The van der Waals surface area contributed by atoms with Gasteiger partial charge in [-0.25, -0.2) is 4.98 Å². The van der Waals surface area contributed by atoms with E-state index in [2.05, 4.69) is 46.5 Å². The number of aromatic amines is 2. The van der Waals surface area contributed by atoms with Crippen molar-refractivity contribution >= 4 is 28.3 Å². The Morgan fingerprint density at radius 2 is 1.72 bits per heavy atom.